The van der Waals surface area contributed by atoms with Crippen molar-refractivity contribution < 1.29 is 4.74 Å². The van der Waals surface area contributed by atoms with Crippen LogP contribution in [0.3, 0.4) is 0 Å². The number of benzene rings is 1. The fourth-order valence-electron chi connectivity index (χ4n) is 2.26. The second-order valence-corrected chi connectivity index (χ2v) is 5.56. The zero-order valence-electron chi connectivity index (χ0n) is 13.7. The molecule has 2 rings (SSSR count). The molecule has 0 saturated heterocycles. The molecule has 1 unspecified atom stereocenters. The van der Waals surface area contributed by atoms with E-state index in [2.05, 4.69) is 19.2 Å². The van der Waals surface area contributed by atoms with Gasteiger partial charge >= 0.3 is 0 Å². The van der Waals surface area contributed by atoms with Crippen LogP contribution in [-0.4, -0.2) is 17.7 Å². The standard InChI is InChI=1S/C18H24N2O2/c1-5-13(2)19-11-15-12-20(14(3)10-18(15)21)16-6-8-17(22-4)9-7-16/h6-10,12-13,19H,5,11H2,1-4H3. The lowest BCUT2D eigenvalue weighted by Crippen LogP contribution is -2.28. The Morgan fingerprint density at radius 3 is 2.55 bits per heavy atom. The fraction of sp³-hybridized carbons (Fsp3) is 0.389. The predicted molar refractivity (Wildman–Crippen MR) is 89.9 cm³/mol. The molecule has 2 aromatic rings. The summed E-state index contributed by atoms with van der Waals surface area (Å²) in [6, 6.07) is 9.91. The van der Waals surface area contributed by atoms with Gasteiger partial charge in [0.25, 0.3) is 0 Å². The lowest BCUT2D eigenvalue weighted by molar-refractivity contribution is 0.414. The first-order valence-electron chi connectivity index (χ1n) is 7.65. The molecule has 4 nitrogen and oxygen atoms in total. The van der Waals surface area contributed by atoms with Crippen molar-refractivity contribution in [1.29, 1.82) is 0 Å². The van der Waals surface area contributed by atoms with Crippen LogP contribution in [0.25, 0.3) is 5.69 Å². The minimum absolute atomic E-state index is 0.0815. The Morgan fingerprint density at radius 1 is 1.27 bits per heavy atom. The van der Waals surface area contributed by atoms with Crippen molar-refractivity contribution in [2.24, 2.45) is 0 Å². The van der Waals surface area contributed by atoms with Gasteiger partial charge in [-0.05, 0) is 44.5 Å². The third kappa shape index (κ3) is 3.77. The molecule has 0 fully saturated rings. The molecule has 0 spiro atoms. The summed E-state index contributed by atoms with van der Waals surface area (Å²) in [4.78, 5) is 12.2. The minimum atomic E-state index is 0.0815. The van der Waals surface area contributed by atoms with Gasteiger partial charge in [-0.3, -0.25) is 4.79 Å². The van der Waals surface area contributed by atoms with Crippen molar-refractivity contribution >= 4 is 0 Å². The normalized spacial score (nSPS) is 12.2. The maximum Gasteiger partial charge on any atom is 0.186 e. The Kier molecular flexibility index (Phi) is 5.39. The summed E-state index contributed by atoms with van der Waals surface area (Å²) in [6.45, 7) is 6.78. The zero-order valence-corrected chi connectivity index (χ0v) is 13.7. The largest absolute Gasteiger partial charge is 0.497 e. The lowest BCUT2D eigenvalue weighted by Gasteiger charge is -2.15. The summed E-state index contributed by atoms with van der Waals surface area (Å²) in [5.74, 6) is 0.820. The molecule has 0 aliphatic rings. The SMILES string of the molecule is CCC(C)NCc1cn(-c2ccc(OC)cc2)c(C)cc1=O. The monoisotopic (exact) mass is 300 g/mol. The van der Waals surface area contributed by atoms with Gasteiger partial charge in [-0.1, -0.05) is 6.92 Å². The highest BCUT2D eigenvalue weighted by Gasteiger charge is 2.07. The maximum absolute atomic E-state index is 12.2. The number of rotatable bonds is 6. The maximum atomic E-state index is 12.2. The highest BCUT2D eigenvalue weighted by molar-refractivity contribution is 5.39. The molecule has 1 heterocycles. The Labute approximate surface area is 131 Å². The van der Waals surface area contributed by atoms with E-state index in [4.69, 9.17) is 4.74 Å². The Balaban J connectivity index is 2.32. The average Bonchev–Trinajstić information content (AvgIpc) is 2.54. The van der Waals surface area contributed by atoms with Gasteiger partial charge in [-0.25, -0.2) is 0 Å². The quantitative estimate of drug-likeness (QED) is 0.891. The van der Waals surface area contributed by atoms with Crippen LogP contribution in [0.1, 0.15) is 31.5 Å². The Hall–Kier alpha value is -2.07. The van der Waals surface area contributed by atoms with E-state index in [1.807, 2.05) is 42.0 Å². The molecule has 0 saturated carbocycles. The molecular weight excluding hydrogens is 276 g/mol. The molecule has 0 radical (unpaired) electrons. The molecule has 118 valence electrons. The molecule has 1 atom stereocenters. The van der Waals surface area contributed by atoms with Gasteiger partial charge in [0.05, 0.1) is 7.11 Å². The van der Waals surface area contributed by atoms with Gasteiger partial charge in [0.2, 0.25) is 0 Å². The van der Waals surface area contributed by atoms with Crippen LogP contribution in [0.2, 0.25) is 0 Å². The molecular formula is C18H24N2O2. The topological polar surface area (TPSA) is 43.3 Å². The molecule has 22 heavy (non-hydrogen) atoms. The molecule has 0 aliphatic heterocycles. The van der Waals surface area contributed by atoms with Gasteiger partial charge in [0, 0.05) is 41.8 Å². The summed E-state index contributed by atoms with van der Waals surface area (Å²) in [5.41, 5.74) is 2.80. The van der Waals surface area contributed by atoms with Gasteiger partial charge in [-0.15, -0.1) is 0 Å². The van der Waals surface area contributed by atoms with E-state index in [-0.39, 0.29) is 5.43 Å². The number of pyridine rings is 1. The lowest BCUT2D eigenvalue weighted by atomic mass is 10.2. The highest BCUT2D eigenvalue weighted by Crippen LogP contribution is 2.16. The first kappa shape index (κ1) is 16.3. The van der Waals surface area contributed by atoms with E-state index >= 15 is 0 Å². The van der Waals surface area contributed by atoms with Gasteiger partial charge in [-0.2, -0.15) is 0 Å². The number of aryl methyl sites for hydroxylation is 1. The summed E-state index contributed by atoms with van der Waals surface area (Å²) >= 11 is 0. The highest BCUT2D eigenvalue weighted by atomic mass is 16.5. The minimum Gasteiger partial charge on any atom is -0.497 e. The van der Waals surface area contributed by atoms with E-state index in [9.17, 15) is 4.79 Å². The second-order valence-electron chi connectivity index (χ2n) is 5.56. The van der Waals surface area contributed by atoms with Crippen LogP contribution in [0.4, 0.5) is 0 Å². The predicted octanol–water partition coefficient (Wildman–Crippen LogP) is 3.04. The van der Waals surface area contributed by atoms with Crippen molar-refractivity contribution in [1.82, 2.24) is 9.88 Å². The third-order valence-electron chi connectivity index (χ3n) is 3.93. The number of aromatic nitrogens is 1. The van der Waals surface area contributed by atoms with E-state index in [1.165, 1.54) is 0 Å². The first-order chi connectivity index (χ1) is 10.5. The van der Waals surface area contributed by atoms with Crippen LogP contribution < -0.4 is 15.5 Å². The fourth-order valence-corrected chi connectivity index (χ4v) is 2.26. The van der Waals surface area contributed by atoms with Gasteiger partial charge in [0.15, 0.2) is 5.43 Å². The Morgan fingerprint density at radius 2 is 1.95 bits per heavy atom. The summed E-state index contributed by atoms with van der Waals surface area (Å²) in [5, 5.41) is 3.37. The second kappa shape index (κ2) is 7.27. The van der Waals surface area contributed by atoms with Gasteiger partial charge in [0.1, 0.15) is 5.75 Å². The number of ether oxygens (including phenoxy) is 1. The van der Waals surface area contributed by atoms with Crippen molar-refractivity contribution in [3.05, 3.63) is 58.0 Å². The molecule has 0 aliphatic carbocycles. The van der Waals surface area contributed by atoms with Crippen LogP contribution in [0.5, 0.6) is 5.75 Å². The number of nitrogens with zero attached hydrogens (tertiary/aromatic N) is 1. The van der Waals surface area contributed by atoms with Crippen molar-refractivity contribution in [3.63, 3.8) is 0 Å². The number of methoxy groups -OCH3 is 1. The molecule has 0 amide bonds. The molecule has 4 heteroatoms. The zero-order chi connectivity index (χ0) is 16.1. The summed E-state index contributed by atoms with van der Waals surface area (Å²) < 4.78 is 7.22. The molecule has 1 aromatic heterocycles. The third-order valence-corrected chi connectivity index (χ3v) is 3.93. The van der Waals surface area contributed by atoms with E-state index in [1.54, 1.807) is 13.2 Å². The summed E-state index contributed by atoms with van der Waals surface area (Å²) in [7, 11) is 1.65. The summed E-state index contributed by atoms with van der Waals surface area (Å²) in [6.07, 6.45) is 2.97. The molecule has 1 N–H and O–H groups in total. The van der Waals surface area contributed by atoms with Crippen molar-refractivity contribution in [2.45, 2.75) is 39.8 Å². The average molecular weight is 300 g/mol. The smallest absolute Gasteiger partial charge is 0.186 e. The number of hydrogen-bond donors (Lipinski definition) is 1. The van der Waals surface area contributed by atoms with E-state index in [0.29, 0.717) is 12.6 Å². The number of nitrogens with one attached hydrogen (secondary N) is 1. The molecule has 0 bridgehead atoms. The first-order valence-corrected chi connectivity index (χ1v) is 7.65. The van der Waals surface area contributed by atoms with Crippen LogP contribution >= 0.6 is 0 Å². The van der Waals surface area contributed by atoms with Crippen molar-refractivity contribution in [2.75, 3.05) is 7.11 Å². The van der Waals surface area contributed by atoms with Gasteiger partial charge < -0.3 is 14.6 Å². The van der Waals surface area contributed by atoms with E-state index in [0.717, 1.165) is 29.1 Å². The van der Waals surface area contributed by atoms with E-state index < -0.39 is 0 Å². The van der Waals surface area contributed by atoms with Crippen molar-refractivity contribution in [3.8, 4) is 11.4 Å². The number of hydrogen-bond acceptors (Lipinski definition) is 3. The van der Waals surface area contributed by atoms with Crippen LogP contribution in [-0.2, 0) is 6.54 Å². The Bertz CT molecular complexity index is 674. The van der Waals surface area contributed by atoms with Crippen LogP contribution in [0.15, 0.2) is 41.3 Å². The van der Waals surface area contributed by atoms with Crippen LogP contribution in [0, 0.1) is 6.92 Å². The molecule has 1 aromatic carbocycles.